The lowest BCUT2D eigenvalue weighted by Crippen LogP contribution is -1.93. The molecule has 0 atom stereocenters. The Labute approximate surface area is 136 Å². The van der Waals surface area contributed by atoms with Crippen LogP contribution in [-0.2, 0) is 9.30 Å². The van der Waals surface area contributed by atoms with Crippen LogP contribution >= 0.6 is 7.82 Å². The standard InChI is InChI=1S/C16H32O.H3O4P/c1-3-5-6-7-8-9-10-11-12-13-14-16-17-15-4-2;1-5(2,3)4/h4H,2-3,5-16H2,1H3;(H3,1,2,3,4). The summed E-state index contributed by atoms with van der Waals surface area (Å²) in [5.74, 6) is 0. The van der Waals surface area contributed by atoms with E-state index in [0.29, 0.717) is 6.61 Å². The first-order chi connectivity index (χ1) is 10.4. The average molecular weight is 338 g/mol. The molecule has 0 aromatic heterocycles. The van der Waals surface area contributed by atoms with Gasteiger partial charge in [-0.3, -0.25) is 0 Å². The van der Waals surface area contributed by atoms with Gasteiger partial charge in [-0.2, -0.15) is 0 Å². The number of unbranched alkanes of at least 4 members (excludes halogenated alkanes) is 10. The summed E-state index contributed by atoms with van der Waals surface area (Å²) in [6.45, 7) is 7.52. The molecule has 0 saturated heterocycles. The van der Waals surface area contributed by atoms with Crippen LogP contribution in [0.5, 0.6) is 0 Å². The molecule has 0 saturated carbocycles. The summed E-state index contributed by atoms with van der Waals surface area (Å²) < 4.78 is 14.2. The summed E-state index contributed by atoms with van der Waals surface area (Å²) in [5, 5.41) is 0. The molecule has 3 N–H and O–H groups in total. The van der Waals surface area contributed by atoms with Crippen molar-refractivity contribution in [3.63, 3.8) is 0 Å². The molecule has 0 unspecified atom stereocenters. The number of phosphoric acid groups is 1. The highest BCUT2D eigenvalue weighted by Crippen LogP contribution is 2.25. The van der Waals surface area contributed by atoms with Gasteiger partial charge in [0.1, 0.15) is 0 Å². The van der Waals surface area contributed by atoms with Crippen LogP contribution in [0, 0.1) is 0 Å². The molecule has 0 rings (SSSR count). The lowest BCUT2D eigenvalue weighted by molar-refractivity contribution is 0.157. The minimum atomic E-state index is -4.64. The third kappa shape index (κ3) is 36.8. The first-order valence-corrected chi connectivity index (χ1v) is 9.95. The Balaban J connectivity index is 0. The Hall–Kier alpha value is -0.190. The fraction of sp³-hybridized carbons (Fsp3) is 0.875. The Bertz CT molecular complexity index is 257. The van der Waals surface area contributed by atoms with Gasteiger partial charge in [0.05, 0.1) is 6.61 Å². The Morgan fingerprint density at radius 3 is 1.59 bits per heavy atom. The molecule has 0 radical (unpaired) electrons. The van der Waals surface area contributed by atoms with Crippen LogP contribution in [0.15, 0.2) is 12.7 Å². The second-order valence-electron chi connectivity index (χ2n) is 5.41. The largest absolute Gasteiger partial charge is 0.466 e. The quantitative estimate of drug-likeness (QED) is 0.245. The van der Waals surface area contributed by atoms with E-state index in [-0.39, 0.29) is 0 Å². The molecule has 0 aliphatic carbocycles. The van der Waals surface area contributed by atoms with E-state index in [1.54, 1.807) is 0 Å². The topological polar surface area (TPSA) is 87.0 Å². The second kappa shape index (κ2) is 18.9. The van der Waals surface area contributed by atoms with E-state index in [2.05, 4.69) is 13.5 Å². The maximum Gasteiger partial charge on any atom is 0.466 e. The molecule has 0 aliphatic heterocycles. The third-order valence-corrected chi connectivity index (χ3v) is 3.13. The summed E-state index contributed by atoms with van der Waals surface area (Å²) in [6.07, 6.45) is 17.1. The molecule has 0 spiro atoms. The zero-order valence-corrected chi connectivity index (χ0v) is 15.0. The van der Waals surface area contributed by atoms with Gasteiger partial charge in [-0.15, -0.1) is 6.58 Å². The second-order valence-corrected chi connectivity index (χ2v) is 6.44. The highest BCUT2D eigenvalue weighted by Gasteiger charge is 2.00. The van der Waals surface area contributed by atoms with Crippen molar-refractivity contribution in [2.24, 2.45) is 0 Å². The van der Waals surface area contributed by atoms with Crippen molar-refractivity contribution in [1.82, 2.24) is 0 Å². The third-order valence-electron chi connectivity index (χ3n) is 3.13. The van der Waals surface area contributed by atoms with E-state index in [4.69, 9.17) is 24.0 Å². The summed E-state index contributed by atoms with van der Waals surface area (Å²) in [6, 6.07) is 0. The van der Waals surface area contributed by atoms with Crippen LogP contribution in [0.2, 0.25) is 0 Å². The zero-order valence-electron chi connectivity index (χ0n) is 14.1. The molecule has 22 heavy (non-hydrogen) atoms. The highest BCUT2D eigenvalue weighted by molar-refractivity contribution is 7.45. The summed E-state index contributed by atoms with van der Waals surface area (Å²) in [4.78, 5) is 21.6. The van der Waals surface area contributed by atoms with Crippen molar-refractivity contribution in [2.45, 2.75) is 77.6 Å². The fourth-order valence-electron chi connectivity index (χ4n) is 2.04. The number of hydrogen-bond acceptors (Lipinski definition) is 2. The average Bonchev–Trinajstić information content (AvgIpc) is 2.42. The smallest absolute Gasteiger partial charge is 0.377 e. The van der Waals surface area contributed by atoms with Crippen molar-refractivity contribution in [1.29, 1.82) is 0 Å². The van der Waals surface area contributed by atoms with E-state index in [1.807, 2.05) is 6.08 Å². The number of ether oxygens (including phenoxy) is 1. The van der Waals surface area contributed by atoms with Gasteiger partial charge in [0, 0.05) is 6.61 Å². The molecular weight excluding hydrogens is 303 g/mol. The highest BCUT2D eigenvalue weighted by atomic mass is 31.2. The van der Waals surface area contributed by atoms with Gasteiger partial charge in [0.2, 0.25) is 0 Å². The van der Waals surface area contributed by atoms with Crippen LogP contribution in [0.1, 0.15) is 77.6 Å². The molecule has 0 aromatic carbocycles. The monoisotopic (exact) mass is 338 g/mol. The zero-order chi connectivity index (χ0) is 17.1. The van der Waals surface area contributed by atoms with Crippen LogP contribution in [0.4, 0.5) is 0 Å². The maximum atomic E-state index is 8.88. The summed E-state index contributed by atoms with van der Waals surface area (Å²) >= 11 is 0. The van der Waals surface area contributed by atoms with Crippen LogP contribution in [-0.4, -0.2) is 27.9 Å². The SMILES string of the molecule is C=CCOCCCCCCCCCCCCC.O=P(O)(O)O. The molecule has 0 fully saturated rings. The first-order valence-electron chi connectivity index (χ1n) is 8.38. The number of hydrogen-bond donors (Lipinski definition) is 3. The van der Waals surface area contributed by atoms with Crippen LogP contribution in [0.25, 0.3) is 0 Å². The normalized spacial score (nSPS) is 10.9. The lowest BCUT2D eigenvalue weighted by Gasteiger charge is -2.03. The van der Waals surface area contributed by atoms with Gasteiger partial charge < -0.3 is 19.4 Å². The fourth-order valence-corrected chi connectivity index (χ4v) is 2.04. The minimum Gasteiger partial charge on any atom is -0.377 e. The predicted octanol–water partition coefficient (Wildman–Crippen LogP) is 4.57. The molecule has 5 nitrogen and oxygen atoms in total. The Kier molecular flexibility index (Phi) is 20.6. The molecule has 6 heteroatoms. The van der Waals surface area contributed by atoms with Crippen molar-refractivity contribution < 1.29 is 24.0 Å². The van der Waals surface area contributed by atoms with E-state index in [9.17, 15) is 0 Å². The van der Waals surface area contributed by atoms with Crippen LogP contribution in [0.3, 0.4) is 0 Å². The Morgan fingerprint density at radius 1 is 0.864 bits per heavy atom. The van der Waals surface area contributed by atoms with Crippen molar-refractivity contribution in [3.8, 4) is 0 Å². The predicted molar refractivity (Wildman–Crippen MR) is 91.7 cm³/mol. The van der Waals surface area contributed by atoms with Gasteiger partial charge in [0.15, 0.2) is 0 Å². The summed E-state index contributed by atoms with van der Waals surface area (Å²) in [5.41, 5.74) is 0. The van der Waals surface area contributed by atoms with Crippen molar-refractivity contribution in [2.75, 3.05) is 13.2 Å². The molecule has 0 aliphatic rings. The molecule has 0 bridgehead atoms. The Morgan fingerprint density at radius 2 is 1.23 bits per heavy atom. The molecular formula is C16H35O5P. The van der Waals surface area contributed by atoms with Crippen molar-refractivity contribution in [3.05, 3.63) is 12.7 Å². The minimum absolute atomic E-state index is 0.706. The van der Waals surface area contributed by atoms with E-state index in [0.717, 1.165) is 6.61 Å². The van der Waals surface area contributed by atoms with Gasteiger partial charge in [-0.25, -0.2) is 4.57 Å². The van der Waals surface area contributed by atoms with Crippen LogP contribution < -0.4 is 0 Å². The first kappa shape index (κ1) is 24.1. The molecule has 134 valence electrons. The van der Waals surface area contributed by atoms with E-state index < -0.39 is 7.82 Å². The van der Waals surface area contributed by atoms with E-state index >= 15 is 0 Å². The molecule has 0 amide bonds. The summed E-state index contributed by atoms with van der Waals surface area (Å²) in [7, 11) is -4.64. The van der Waals surface area contributed by atoms with Gasteiger partial charge in [-0.1, -0.05) is 77.2 Å². The molecule has 0 aromatic rings. The maximum absolute atomic E-state index is 8.88. The van der Waals surface area contributed by atoms with Crippen molar-refractivity contribution >= 4 is 7.82 Å². The van der Waals surface area contributed by atoms with Gasteiger partial charge >= 0.3 is 7.82 Å². The van der Waals surface area contributed by atoms with Gasteiger partial charge in [0.25, 0.3) is 0 Å². The van der Waals surface area contributed by atoms with Gasteiger partial charge in [-0.05, 0) is 6.42 Å². The molecule has 0 heterocycles. The van der Waals surface area contributed by atoms with E-state index in [1.165, 1.54) is 70.6 Å². The lowest BCUT2D eigenvalue weighted by atomic mass is 10.1. The number of rotatable bonds is 14.